The molecule has 6 amide bonds. The highest BCUT2D eigenvalue weighted by atomic mass is 19.4. The summed E-state index contributed by atoms with van der Waals surface area (Å²) in [5.74, 6) is -22.0. The van der Waals surface area contributed by atoms with Gasteiger partial charge in [0.1, 0.15) is 54.5 Å². The number of fused-ring (bicyclic) bond motifs is 2. The normalized spacial score (nSPS) is 24.9. The lowest BCUT2D eigenvalue weighted by Crippen LogP contribution is -2.60. The molecule has 0 spiro atoms. The van der Waals surface area contributed by atoms with Crippen LogP contribution in [0, 0.1) is 11.6 Å². The summed E-state index contributed by atoms with van der Waals surface area (Å²) in [6, 6.07) is -6.92. The van der Waals surface area contributed by atoms with E-state index < -0.39 is 133 Å². The second kappa shape index (κ2) is 17.8. The highest BCUT2D eigenvalue weighted by molar-refractivity contribution is 5.97. The van der Waals surface area contributed by atoms with Crippen LogP contribution in [0.4, 0.5) is 39.5 Å². The van der Waals surface area contributed by atoms with Gasteiger partial charge >= 0.3 is 24.0 Å². The molecule has 3 heterocycles. The Bertz CT molecular complexity index is 1760. The van der Waals surface area contributed by atoms with Gasteiger partial charge in [-0.25, -0.2) is 13.6 Å². The molecule has 3 N–H and O–H groups in total. The number of hydrogen-bond acceptors (Lipinski definition) is 8. The van der Waals surface area contributed by atoms with E-state index in [9.17, 15) is 73.1 Å². The van der Waals surface area contributed by atoms with Gasteiger partial charge in [-0.1, -0.05) is 0 Å². The zero-order valence-corrected chi connectivity index (χ0v) is 31.3. The molecule has 14 nitrogen and oxygen atoms in total. The van der Waals surface area contributed by atoms with Gasteiger partial charge < -0.3 is 35.4 Å². The van der Waals surface area contributed by atoms with Gasteiger partial charge in [-0.3, -0.25) is 28.8 Å². The number of esters is 1. The van der Waals surface area contributed by atoms with Crippen molar-refractivity contribution in [2.45, 2.75) is 113 Å². The van der Waals surface area contributed by atoms with Crippen molar-refractivity contribution in [3.8, 4) is 0 Å². The van der Waals surface area contributed by atoms with Crippen LogP contribution in [0.25, 0.3) is 0 Å². The summed E-state index contributed by atoms with van der Waals surface area (Å²) in [4.78, 5) is 97.4. The first-order valence-electron chi connectivity index (χ1n) is 18.1. The van der Waals surface area contributed by atoms with Crippen molar-refractivity contribution >= 4 is 41.4 Å². The van der Waals surface area contributed by atoms with Crippen LogP contribution in [-0.2, 0) is 44.7 Å². The van der Waals surface area contributed by atoms with Crippen LogP contribution in [0.3, 0.4) is 0 Å². The number of alkyl halides is 7. The number of halogens is 9. The lowest BCUT2D eigenvalue weighted by molar-refractivity contribution is -0.355. The number of carbonyl (C=O) groups is 7. The molecule has 4 rings (SSSR count). The highest BCUT2D eigenvalue weighted by Gasteiger charge is 2.72. The zero-order valence-electron chi connectivity index (χ0n) is 31.3. The van der Waals surface area contributed by atoms with E-state index in [0.717, 1.165) is 14.7 Å². The smallest absolute Gasteiger partial charge is 0.459 e. The molecule has 0 bridgehead atoms. The van der Waals surface area contributed by atoms with Crippen molar-refractivity contribution in [3.63, 3.8) is 0 Å². The number of nitrogens with zero attached hydrogens (tertiary/aromatic N) is 3. The van der Waals surface area contributed by atoms with E-state index in [4.69, 9.17) is 4.74 Å². The van der Waals surface area contributed by atoms with Gasteiger partial charge in [0.05, 0.1) is 0 Å². The van der Waals surface area contributed by atoms with Crippen LogP contribution in [0.5, 0.6) is 0 Å². The van der Waals surface area contributed by atoms with Crippen LogP contribution < -0.4 is 16.0 Å². The Morgan fingerprint density at radius 2 is 1.43 bits per heavy atom. The summed E-state index contributed by atoms with van der Waals surface area (Å²) in [5.41, 5.74) is -0.353. The number of cyclic esters (lactones) is 1. The SMILES string of the molecule is C[C@@H]1NC(=O)[C@H](C)N(C)C(=O)[C@@H]2CCCN2C(=O)[C@@H](NC(=O)[C@H](Cc2cc(F)cc(F)c2)NC(=O)CCC(F)(F)C(F)(F)C(F)(F)F)COC(=O)[C@@H]2CCCN2C1=O. The first kappa shape index (κ1) is 45.6. The van der Waals surface area contributed by atoms with Gasteiger partial charge in [0.15, 0.2) is 0 Å². The standard InChI is InChI=1S/C35H41F9N6O8/c1-17-29(54)50-11-5-7-25(50)32(57)58-16-23(30(55)49-10-4-6-24(49)31(56)48(3)18(2)27(52)45-17)47-28(53)22(14-19-12-20(36)15-21(37)13-19)46-26(51)8-9-33(38,39)34(40,41)35(42,43)44/h12-13,15,17-18,22-25H,4-11,14,16H2,1-3H3,(H,45,52)(H,46,51)(H,47,53)/t17-,18-,22-,23-,24-,25-/m0/s1. The Balaban J connectivity index is 1.66. The molecule has 1 aromatic rings. The summed E-state index contributed by atoms with van der Waals surface area (Å²) in [6.07, 6.45) is -10.9. The molecule has 23 heteroatoms. The van der Waals surface area contributed by atoms with Crippen molar-refractivity contribution in [3.05, 3.63) is 35.4 Å². The monoisotopic (exact) mass is 844 g/mol. The first-order chi connectivity index (χ1) is 26.9. The Kier molecular flexibility index (Phi) is 14.0. The van der Waals surface area contributed by atoms with E-state index in [0.29, 0.717) is 24.6 Å². The van der Waals surface area contributed by atoms with Crippen LogP contribution >= 0.6 is 0 Å². The number of nitrogens with one attached hydrogen (secondary N) is 3. The van der Waals surface area contributed by atoms with Gasteiger partial charge in [0.2, 0.25) is 35.4 Å². The maximum atomic E-state index is 14.1. The van der Waals surface area contributed by atoms with Crippen LogP contribution in [0.15, 0.2) is 18.2 Å². The predicted octanol–water partition coefficient (Wildman–Crippen LogP) is 1.98. The number of rotatable bonds is 9. The summed E-state index contributed by atoms with van der Waals surface area (Å²) in [7, 11) is 1.28. The van der Waals surface area contributed by atoms with Crippen molar-refractivity contribution in [2.75, 3.05) is 26.7 Å². The zero-order chi connectivity index (χ0) is 43.5. The molecular weight excluding hydrogens is 803 g/mol. The first-order valence-corrected chi connectivity index (χ1v) is 18.1. The van der Waals surface area contributed by atoms with E-state index >= 15 is 0 Å². The summed E-state index contributed by atoms with van der Waals surface area (Å²) in [6.45, 7) is 1.76. The van der Waals surface area contributed by atoms with Gasteiger partial charge in [-0.05, 0) is 57.2 Å². The highest BCUT2D eigenvalue weighted by Crippen LogP contribution is 2.48. The molecule has 3 aliphatic heterocycles. The third-order valence-electron chi connectivity index (χ3n) is 10.2. The summed E-state index contributed by atoms with van der Waals surface area (Å²) in [5, 5.41) is 6.57. The van der Waals surface area contributed by atoms with Gasteiger partial charge in [-0.15, -0.1) is 0 Å². The molecule has 0 radical (unpaired) electrons. The summed E-state index contributed by atoms with van der Waals surface area (Å²) < 4.78 is 127. The molecule has 3 saturated heterocycles. The van der Waals surface area contributed by atoms with E-state index in [1.807, 2.05) is 5.32 Å². The maximum Gasteiger partial charge on any atom is 0.459 e. The lowest BCUT2D eigenvalue weighted by atomic mass is 10.0. The molecule has 1 aromatic carbocycles. The number of hydrogen-bond donors (Lipinski definition) is 3. The average molecular weight is 845 g/mol. The fourth-order valence-electron chi connectivity index (χ4n) is 6.79. The second-order valence-corrected chi connectivity index (χ2v) is 14.3. The molecule has 322 valence electrons. The third-order valence-corrected chi connectivity index (χ3v) is 10.2. The van der Waals surface area contributed by atoms with E-state index in [1.165, 1.54) is 20.9 Å². The lowest BCUT2D eigenvalue weighted by Gasteiger charge is -2.34. The van der Waals surface area contributed by atoms with E-state index in [1.54, 1.807) is 0 Å². The molecular formula is C35H41F9N6O8. The Morgan fingerprint density at radius 3 is 2.02 bits per heavy atom. The topological polar surface area (TPSA) is 175 Å². The molecule has 6 atom stereocenters. The fraction of sp³-hybridized carbons (Fsp3) is 0.629. The minimum absolute atomic E-state index is 0.0669. The van der Waals surface area contributed by atoms with Gasteiger partial charge in [0.25, 0.3) is 0 Å². The van der Waals surface area contributed by atoms with Crippen molar-refractivity contribution in [2.24, 2.45) is 0 Å². The maximum absolute atomic E-state index is 14.1. The summed E-state index contributed by atoms with van der Waals surface area (Å²) >= 11 is 0. The molecule has 0 aromatic heterocycles. The predicted molar refractivity (Wildman–Crippen MR) is 179 cm³/mol. The van der Waals surface area contributed by atoms with E-state index in [-0.39, 0.29) is 37.9 Å². The third kappa shape index (κ3) is 10.1. The Morgan fingerprint density at radius 1 is 0.862 bits per heavy atom. The number of carbonyl (C=O) groups excluding carboxylic acids is 7. The van der Waals surface area contributed by atoms with Crippen LogP contribution in [0.2, 0.25) is 0 Å². The molecule has 0 saturated carbocycles. The Labute approximate surface area is 325 Å². The quantitative estimate of drug-likeness (QED) is 0.250. The van der Waals surface area contributed by atoms with Crippen molar-refractivity contribution < 1.29 is 77.8 Å². The van der Waals surface area contributed by atoms with Crippen LogP contribution in [-0.4, -0.2) is 137 Å². The van der Waals surface area contributed by atoms with E-state index in [2.05, 4.69) is 10.6 Å². The minimum Gasteiger partial charge on any atom is -0.461 e. The average Bonchev–Trinajstić information content (AvgIpc) is 3.83. The van der Waals surface area contributed by atoms with Gasteiger partial charge in [0, 0.05) is 45.5 Å². The van der Waals surface area contributed by atoms with Crippen molar-refractivity contribution in [1.29, 1.82) is 0 Å². The number of likely N-dealkylation sites (N-methyl/N-ethyl adjacent to an activating group) is 1. The minimum atomic E-state index is -6.69. The van der Waals surface area contributed by atoms with Gasteiger partial charge in [-0.2, -0.15) is 30.7 Å². The molecule has 0 aliphatic carbocycles. The molecule has 58 heavy (non-hydrogen) atoms. The number of amides is 6. The fourth-order valence-corrected chi connectivity index (χ4v) is 6.79. The largest absolute Gasteiger partial charge is 0.461 e. The second-order valence-electron chi connectivity index (χ2n) is 14.3. The molecule has 3 aliphatic rings. The molecule has 0 unspecified atom stereocenters. The molecule has 3 fully saturated rings. The van der Waals surface area contributed by atoms with Crippen LogP contribution in [0.1, 0.15) is 57.9 Å². The number of benzene rings is 1. The van der Waals surface area contributed by atoms with Crippen molar-refractivity contribution in [1.82, 2.24) is 30.7 Å². The Hall–Kier alpha value is -5.12. The number of ether oxygens (including phenoxy) is 1.